The summed E-state index contributed by atoms with van der Waals surface area (Å²) in [6, 6.07) is 15.3. The SMILES string of the molecule is [C-]#[N+]/C=C/c1cc(/C=C/c2ccccc2)ccc1O. The van der Waals surface area contributed by atoms with Gasteiger partial charge in [0.05, 0.1) is 6.57 Å². The number of benzene rings is 2. The quantitative estimate of drug-likeness (QED) is 0.628. The molecule has 0 spiro atoms. The summed E-state index contributed by atoms with van der Waals surface area (Å²) in [5.41, 5.74) is 2.74. The molecule has 0 saturated carbocycles. The van der Waals surface area contributed by atoms with Gasteiger partial charge < -0.3 is 5.11 Å². The summed E-state index contributed by atoms with van der Waals surface area (Å²) in [6.07, 6.45) is 6.92. The van der Waals surface area contributed by atoms with Gasteiger partial charge in [0.1, 0.15) is 5.75 Å². The number of hydrogen-bond donors (Lipinski definition) is 1. The van der Waals surface area contributed by atoms with Crippen molar-refractivity contribution in [2.75, 3.05) is 0 Å². The van der Waals surface area contributed by atoms with Crippen molar-refractivity contribution in [1.82, 2.24) is 0 Å². The van der Waals surface area contributed by atoms with Crippen molar-refractivity contribution < 1.29 is 5.11 Å². The minimum Gasteiger partial charge on any atom is -0.507 e. The van der Waals surface area contributed by atoms with E-state index in [-0.39, 0.29) is 5.75 Å². The van der Waals surface area contributed by atoms with Crippen molar-refractivity contribution in [3.63, 3.8) is 0 Å². The molecule has 0 amide bonds. The van der Waals surface area contributed by atoms with Crippen molar-refractivity contribution in [3.8, 4) is 5.75 Å². The van der Waals surface area contributed by atoms with E-state index in [0.29, 0.717) is 5.56 Å². The van der Waals surface area contributed by atoms with E-state index in [0.717, 1.165) is 11.1 Å². The highest BCUT2D eigenvalue weighted by molar-refractivity contribution is 5.72. The largest absolute Gasteiger partial charge is 0.507 e. The van der Waals surface area contributed by atoms with E-state index in [2.05, 4.69) is 4.85 Å². The average molecular weight is 247 g/mol. The van der Waals surface area contributed by atoms with Crippen molar-refractivity contribution in [2.24, 2.45) is 0 Å². The first-order chi connectivity index (χ1) is 9.29. The lowest BCUT2D eigenvalue weighted by Gasteiger charge is -2.01. The molecule has 2 nitrogen and oxygen atoms in total. The summed E-state index contributed by atoms with van der Waals surface area (Å²) in [5, 5.41) is 9.67. The van der Waals surface area contributed by atoms with Crippen LogP contribution in [0, 0.1) is 6.57 Å². The van der Waals surface area contributed by atoms with Crippen molar-refractivity contribution in [1.29, 1.82) is 0 Å². The lowest BCUT2D eigenvalue weighted by molar-refractivity contribution is 0.474. The fourth-order valence-electron chi connectivity index (χ4n) is 1.68. The molecule has 92 valence electrons. The van der Waals surface area contributed by atoms with Gasteiger partial charge in [-0.2, -0.15) is 0 Å². The molecule has 2 rings (SSSR count). The van der Waals surface area contributed by atoms with Gasteiger partial charge in [0.15, 0.2) is 6.20 Å². The van der Waals surface area contributed by atoms with E-state index >= 15 is 0 Å². The maximum absolute atomic E-state index is 9.67. The first-order valence-corrected chi connectivity index (χ1v) is 5.89. The van der Waals surface area contributed by atoms with Crippen LogP contribution in [-0.2, 0) is 0 Å². The van der Waals surface area contributed by atoms with E-state index in [1.54, 1.807) is 12.1 Å². The van der Waals surface area contributed by atoms with Crippen LogP contribution in [0.5, 0.6) is 5.75 Å². The molecule has 2 aromatic carbocycles. The summed E-state index contributed by atoms with van der Waals surface area (Å²) in [7, 11) is 0. The lowest BCUT2D eigenvalue weighted by Crippen LogP contribution is -1.78. The Kier molecular flexibility index (Phi) is 4.15. The Morgan fingerprint density at radius 3 is 2.37 bits per heavy atom. The fraction of sp³-hybridized carbons (Fsp3) is 0. The maximum Gasteiger partial charge on any atom is 0.154 e. The Labute approximate surface area is 112 Å². The lowest BCUT2D eigenvalue weighted by atomic mass is 10.1. The van der Waals surface area contributed by atoms with Gasteiger partial charge in [-0.05, 0) is 23.3 Å². The summed E-state index contributed by atoms with van der Waals surface area (Å²) in [5.74, 6) is 0.178. The Morgan fingerprint density at radius 2 is 1.63 bits per heavy atom. The number of rotatable bonds is 3. The summed E-state index contributed by atoms with van der Waals surface area (Å²) in [4.78, 5) is 3.14. The van der Waals surface area contributed by atoms with E-state index in [4.69, 9.17) is 6.57 Å². The molecule has 0 aliphatic rings. The molecule has 0 heterocycles. The molecule has 0 atom stereocenters. The number of phenols is 1. The zero-order valence-electron chi connectivity index (χ0n) is 10.3. The van der Waals surface area contributed by atoms with E-state index in [1.807, 2.05) is 54.6 Å². The topological polar surface area (TPSA) is 24.6 Å². The molecule has 2 aromatic rings. The van der Waals surface area contributed by atoms with Crippen LogP contribution in [-0.4, -0.2) is 5.11 Å². The molecule has 0 aromatic heterocycles. The number of aromatic hydroxyl groups is 1. The zero-order chi connectivity index (χ0) is 13.5. The van der Waals surface area contributed by atoms with E-state index in [9.17, 15) is 5.11 Å². The normalized spacial score (nSPS) is 10.9. The van der Waals surface area contributed by atoms with Crippen LogP contribution < -0.4 is 0 Å². The van der Waals surface area contributed by atoms with Crippen LogP contribution in [0.3, 0.4) is 0 Å². The molecular formula is C17H13NO. The minimum atomic E-state index is 0.178. The third kappa shape index (κ3) is 3.58. The Morgan fingerprint density at radius 1 is 0.895 bits per heavy atom. The second-order valence-electron chi connectivity index (χ2n) is 4.01. The highest BCUT2D eigenvalue weighted by Gasteiger charge is 1.97. The van der Waals surface area contributed by atoms with Crippen LogP contribution in [0.1, 0.15) is 16.7 Å². The van der Waals surface area contributed by atoms with Gasteiger partial charge in [-0.15, -0.1) is 0 Å². The zero-order valence-corrected chi connectivity index (χ0v) is 10.3. The number of hydrogen-bond acceptors (Lipinski definition) is 1. The third-order valence-electron chi connectivity index (χ3n) is 2.65. The molecule has 0 unspecified atom stereocenters. The van der Waals surface area contributed by atoms with E-state index in [1.165, 1.54) is 6.20 Å². The molecule has 1 N–H and O–H groups in total. The predicted octanol–water partition coefficient (Wildman–Crippen LogP) is 4.45. The first-order valence-electron chi connectivity index (χ1n) is 5.89. The Balaban J connectivity index is 2.25. The fourth-order valence-corrected chi connectivity index (χ4v) is 1.68. The van der Waals surface area contributed by atoms with Crippen LogP contribution in [0.25, 0.3) is 23.1 Å². The first kappa shape index (κ1) is 12.7. The van der Waals surface area contributed by atoms with Gasteiger partial charge in [-0.25, -0.2) is 4.85 Å². The van der Waals surface area contributed by atoms with Crippen molar-refractivity contribution >= 4 is 18.2 Å². The monoisotopic (exact) mass is 247 g/mol. The smallest absolute Gasteiger partial charge is 0.154 e. The van der Waals surface area contributed by atoms with Gasteiger partial charge in [0.2, 0.25) is 0 Å². The third-order valence-corrected chi connectivity index (χ3v) is 2.65. The minimum absolute atomic E-state index is 0.178. The Hall–Kier alpha value is -2.79. The van der Waals surface area contributed by atoms with E-state index < -0.39 is 0 Å². The summed E-state index contributed by atoms with van der Waals surface area (Å²) >= 11 is 0. The molecular weight excluding hydrogens is 234 g/mol. The molecule has 0 fully saturated rings. The predicted molar refractivity (Wildman–Crippen MR) is 79.1 cm³/mol. The second-order valence-corrected chi connectivity index (χ2v) is 4.01. The van der Waals surface area contributed by atoms with Gasteiger partial charge in [-0.3, -0.25) is 0 Å². The molecule has 19 heavy (non-hydrogen) atoms. The van der Waals surface area contributed by atoms with Crippen LogP contribution in [0.4, 0.5) is 0 Å². The molecule has 0 aliphatic carbocycles. The summed E-state index contributed by atoms with van der Waals surface area (Å²) in [6.45, 7) is 6.71. The number of phenolic OH excluding ortho intramolecular Hbond substituents is 1. The molecule has 0 aliphatic heterocycles. The second kappa shape index (κ2) is 6.23. The molecule has 2 heteroatoms. The van der Waals surface area contributed by atoms with Crippen molar-refractivity contribution in [2.45, 2.75) is 0 Å². The molecule has 0 radical (unpaired) electrons. The van der Waals surface area contributed by atoms with Gasteiger partial charge in [0, 0.05) is 5.56 Å². The highest BCUT2D eigenvalue weighted by atomic mass is 16.3. The van der Waals surface area contributed by atoms with Gasteiger partial charge in [-0.1, -0.05) is 54.6 Å². The molecule has 0 bridgehead atoms. The van der Waals surface area contributed by atoms with Crippen LogP contribution in [0.2, 0.25) is 0 Å². The van der Waals surface area contributed by atoms with Crippen molar-refractivity contribution in [3.05, 3.63) is 82.8 Å². The van der Waals surface area contributed by atoms with Crippen LogP contribution in [0.15, 0.2) is 54.7 Å². The Bertz CT molecular complexity index is 649. The number of nitrogens with zero attached hydrogens (tertiary/aromatic N) is 1. The molecule has 0 saturated heterocycles. The van der Waals surface area contributed by atoms with Gasteiger partial charge >= 0.3 is 0 Å². The average Bonchev–Trinajstić information content (AvgIpc) is 2.46. The highest BCUT2D eigenvalue weighted by Crippen LogP contribution is 2.21. The maximum atomic E-state index is 9.67. The van der Waals surface area contributed by atoms with Crippen LogP contribution >= 0.6 is 0 Å². The van der Waals surface area contributed by atoms with Gasteiger partial charge in [0.25, 0.3) is 0 Å². The summed E-state index contributed by atoms with van der Waals surface area (Å²) < 4.78 is 0. The standard InChI is InChI=1S/C17H13NO/c1-18-12-11-16-13-15(9-10-17(16)19)8-7-14-5-3-2-4-6-14/h2-13,19H/b8-7+,12-11+.